The topological polar surface area (TPSA) is 12.0 Å². The van der Waals surface area contributed by atoms with Crippen LogP contribution in [-0.4, -0.2) is 13.1 Å². The van der Waals surface area contributed by atoms with Crippen molar-refractivity contribution < 1.29 is 0 Å². The van der Waals surface area contributed by atoms with Crippen LogP contribution in [0.5, 0.6) is 0 Å². The molecule has 0 spiro atoms. The van der Waals surface area contributed by atoms with Crippen LogP contribution >= 0.6 is 0 Å². The van der Waals surface area contributed by atoms with Crippen molar-refractivity contribution in [2.24, 2.45) is 17.8 Å². The van der Waals surface area contributed by atoms with Crippen molar-refractivity contribution in [1.29, 1.82) is 0 Å². The maximum atomic E-state index is 5.30. The van der Waals surface area contributed by atoms with E-state index in [-0.39, 0.29) is 0 Å². The van der Waals surface area contributed by atoms with Gasteiger partial charge in [0.15, 0.2) is 0 Å². The summed E-state index contributed by atoms with van der Waals surface area (Å²) < 4.78 is 0. The van der Waals surface area contributed by atoms with E-state index in [0.29, 0.717) is 0 Å². The third-order valence-electron chi connectivity index (χ3n) is 4.52. The summed E-state index contributed by atoms with van der Waals surface area (Å²) in [6, 6.07) is 0.730. The summed E-state index contributed by atoms with van der Waals surface area (Å²) in [6.07, 6.45) is 14.7. The fourth-order valence-corrected chi connectivity index (χ4v) is 3.78. The molecule has 2 bridgehead atoms. The molecule has 2 saturated carbocycles. The summed E-state index contributed by atoms with van der Waals surface area (Å²) >= 11 is 0. The summed E-state index contributed by atoms with van der Waals surface area (Å²) in [5, 5.41) is 3.52. The molecule has 0 heterocycles. The summed E-state index contributed by atoms with van der Waals surface area (Å²) in [5.41, 5.74) is 0. The number of hydrogen-bond acceptors (Lipinski definition) is 1. The fourth-order valence-electron chi connectivity index (χ4n) is 3.78. The van der Waals surface area contributed by atoms with Crippen LogP contribution in [0.1, 0.15) is 44.9 Å². The zero-order valence-corrected chi connectivity index (χ0v) is 9.84. The van der Waals surface area contributed by atoms with E-state index in [1.165, 1.54) is 38.5 Å². The third-order valence-corrected chi connectivity index (χ3v) is 4.52. The van der Waals surface area contributed by atoms with Crippen LogP contribution in [0.4, 0.5) is 0 Å². The second-order valence-corrected chi connectivity index (χ2v) is 5.33. The van der Waals surface area contributed by atoms with E-state index in [9.17, 15) is 0 Å². The van der Waals surface area contributed by atoms with Crippen LogP contribution in [0.15, 0.2) is 0 Å². The lowest BCUT2D eigenvalue weighted by molar-refractivity contribution is 0.245. The fraction of sp³-hybridized carbons (Fsp3) is 0.857. The maximum absolute atomic E-state index is 5.30. The highest BCUT2D eigenvalue weighted by molar-refractivity contribution is 4.95. The largest absolute Gasteiger partial charge is 0.317 e. The van der Waals surface area contributed by atoms with Crippen LogP contribution in [-0.2, 0) is 0 Å². The van der Waals surface area contributed by atoms with E-state index in [1.54, 1.807) is 0 Å². The molecular formula is C14H23N. The quantitative estimate of drug-likeness (QED) is 0.537. The molecule has 0 aromatic heterocycles. The van der Waals surface area contributed by atoms with E-state index in [4.69, 9.17) is 6.42 Å². The van der Waals surface area contributed by atoms with Gasteiger partial charge in [-0.15, -0.1) is 12.3 Å². The Labute approximate surface area is 94.0 Å². The van der Waals surface area contributed by atoms with Gasteiger partial charge in [-0.3, -0.25) is 0 Å². The lowest BCUT2D eigenvalue weighted by atomic mass is 9.81. The first-order valence-electron chi connectivity index (χ1n) is 6.46. The van der Waals surface area contributed by atoms with Gasteiger partial charge in [0.25, 0.3) is 0 Å². The van der Waals surface area contributed by atoms with Crippen molar-refractivity contribution in [3.05, 3.63) is 0 Å². The second kappa shape index (κ2) is 5.03. The Morgan fingerprint density at radius 2 is 2.27 bits per heavy atom. The highest BCUT2D eigenvalue weighted by atomic mass is 14.9. The Morgan fingerprint density at radius 1 is 1.40 bits per heavy atom. The molecule has 0 aromatic carbocycles. The number of hydrogen-bond donors (Lipinski definition) is 1. The van der Waals surface area contributed by atoms with Gasteiger partial charge in [-0.1, -0.05) is 6.42 Å². The molecule has 4 atom stereocenters. The highest BCUT2D eigenvalue weighted by Crippen LogP contribution is 2.50. The molecule has 1 nitrogen and oxygen atoms in total. The van der Waals surface area contributed by atoms with Crippen LogP contribution in [0.25, 0.3) is 0 Å². The van der Waals surface area contributed by atoms with E-state index >= 15 is 0 Å². The van der Waals surface area contributed by atoms with Crippen LogP contribution in [0, 0.1) is 30.1 Å². The number of fused-ring (bicyclic) bond motifs is 2. The minimum absolute atomic E-state index is 0.730. The van der Waals surface area contributed by atoms with Crippen molar-refractivity contribution in [1.82, 2.24) is 5.32 Å². The Kier molecular flexibility index (Phi) is 3.70. The number of unbranched alkanes of at least 4 members (excludes halogenated alkanes) is 1. The molecule has 2 aliphatic rings. The molecule has 0 radical (unpaired) electrons. The van der Waals surface area contributed by atoms with Crippen LogP contribution < -0.4 is 5.32 Å². The number of terminal acetylenes is 1. The van der Waals surface area contributed by atoms with Crippen molar-refractivity contribution >= 4 is 0 Å². The smallest absolute Gasteiger partial charge is 0.00954 e. The minimum Gasteiger partial charge on any atom is -0.317 e. The van der Waals surface area contributed by atoms with Gasteiger partial charge in [-0.05, 0) is 56.9 Å². The van der Waals surface area contributed by atoms with Crippen molar-refractivity contribution in [2.45, 2.75) is 51.0 Å². The van der Waals surface area contributed by atoms with Crippen molar-refractivity contribution in [3.8, 4) is 12.3 Å². The van der Waals surface area contributed by atoms with E-state index in [1.807, 2.05) is 0 Å². The number of nitrogens with one attached hydrogen (secondary N) is 1. The predicted molar refractivity (Wildman–Crippen MR) is 64.5 cm³/mol. The van der Waals surface area contributed by atoms with E-state index < -0.39 is 0 Å². The lowest BCUT2D eigenvalue weighted by Crippen LogP contribution is -2.36. The summed E-state index contributed by atoms with van der Waals surface area (Å²) in [5.74, 6) is 5.78. The molecule has 15 heavy (non-hydrogen) atoms. The van der Waals surface area contributed by atoms with Gasteiger partial charge >= 0.3 is 0 Å². The summed E-state index contributed by atoms with van der Waals surface area (Å²) in [4.78, 5) is 0. The zero-order chi connectivity index (χ0) is 10.7. The van der Waals surface area contributed by atoms with Gasteiger partial charge in [0.1, 0.15) is 0 Å². The molecule has 4 unspecified atom stereocenters. The van der Waals surface area contributed by atoms with E-state index in [2.05, 4.69) is 18.3 Å². The molecule has 2 fully saturated rings. The Bertz CT molecular complexity index is 240. The third kappa shape index (κ3) is 2.37. The molecule has 1 heteroatoms. The zero-order valence-electron chi connectivity index (χ0n) is 9.84. The molecule has 0 amide bonds. The number of rotatable bonds is 5. The van der Waals surface area contributed by atoms with Gasteiger partial charge in [0.2, 0.25) is 0 Å². The maximum Gasteiger partial charge on any atom is 0.00954 e. The normalized spacial score (nSPS) is 35.3. The van der Waals surface area contributed by atoms with Crippen LogP contribution in [0.3, 0.4) is 0 Å². The first kappa shape index (κ1) is 11.0. The SMILES string of the molecule is C#CCCCC(NC)C1CC2CCC1C2. The van der Waals surface area contributed by atoms with E-state index in [0.717, 1.165) is 30.2 Å². The monoisotopic (exact) mass is 205 g/mol. The Morgan fingerprint density at radius 3 is 2.80 bits per heavy atom. The van der Waals surface area contributed by atoms with Gasteiger partial charge in [-0.2, -0.15) is 0 Å². The second-order valence-electron chi connectivity index (χ2n) is 5.33. The summed E-state index contributed by atoms with van der Waals surface area (Å²) in [6.45, 7) is 0. The molecule has 2 rings (SSSR count). The molecule has 0 aromatic rings. The van der Waals surface area contributed by atoms with Gasteiger partial charge in [0, 0.05) is 12.5 Å². The van der Waals surface area contributed by atoms with Gasteiger partial charge in [-0.25, -0.2) is 0 Å². The molecular weight excluding hydrogens is 182 g/mol. The van der Waals surface area contributed by atoms with Crippen molar-refractivity contribution in [2.75, 3.05) is 7.05 Å². The molecule has 0 saturated heterocycles. The first-order chi connectivity index (χ1) is 7.35. The van der Waals surface area contributed by atoms with Crippen LogP contribution in [0.2, 0.25) is 0 Å². The predicted octanol–water partition coefficient (Wildman–Crippen LogP) is 2.81. The Hall–Kier alpha value is -0.480. The lowest BCUT2D eigenvalue weighted by Gasteiger charge is -2.30. The molecule has 84 valence electrons. The highest BCUT2D eigenvalue weighted by Gasteiger charge is 2.42. The van der Waals surface area contributed by atoms with Crippen molar-refractivity contribution in [3.63, 3.8) is 0 Å². The Balaban J connectivity index is 1.82. The summed E-state index contributed by atoms with van der Waals surface area (Å²) in [7, 11) is 2.12. The molecule has 2 aliphatic carbocycles. The van der Waals surface area contributed by atoms with Gasteiger partial charge in [0.05, 0.1) is 0 Å². The van der Waals surface area contributed by atoms with Gasteiger partial charge < -0.3 is 5.32 Å². The molecule has 1 N–H and O–H groups in total. The first-order valence-corrected chi connectivity index (χ1v) is 6.46. The average Bonchev–Trinajstić information content (AvgIpc) is 2.86. The minimum atomic E-state index is 0.730. The molecule has 0 aliphatic heterocycles. The average molecular weight is 205 g/mol. The standard InChI is InChI=1S/C14H23N/c1-3-4-5-6-14(15-2)13-10-11-7-8-12(13)9-11/h1,11-15H,4-10H2,2H3.